The van der Waals surface area contributed by atoms with Gasteiger partial charge in [0.15, 0.2) is 0 Å². The van der Waals surface area contributed by atoms with E-state index in [2.05, 4.69) is 6.92 Å². The molecule has 0 bridgehead atoms. The second-order valence-electron chi connectivity index (χ2n) is 19.0. The van der Waals surface area contributed by atoms with Gasteiger partial charge >= 0.3 is 23.9 Å². The Balaban J connectivity index is 5.36. The molecule has 0 saturated heterocycles. The van der Waals surface area contributed by atoms with E-state index in [1.165, 1.54) is 90.6 Å². The van der Waals surface area contributed by atoms with Crippen molar-refractivity contribution in [1.82, 2.24) is 0 Å². The number of hydrogen-bond acceptors (Lipinski definition) is 8. The quantitative estimate of drug-likeness (QED) is 0.0275. The van der Waals surface area contributed by atoms with Crippen molar-refractivity contribution in [3.8, 4) is 0 Å². The summed E-state index contributed by atoms with van der Waals surface area (Å²) in [4.78, 5) is 54.6. The van der Waals surface area contributed by atoms with Crippen molar-refractivity contribution in [2.75, 3.05) is 54.6 Å². The standard InChI is InChI=1S/C46H88NO8/c1-13-16-18-19-20-21-22-23-24-25-26-27-28-29-30-31-34-53-39(48)43(4,5)36-45(7,42(51)54-33-17-14-2)38-46(8,40(49)52-12)37-44(6,15-3)41(50)55-35-32-47(9,10)11/h13-38H2,1-12H3/q+1. The van der Waals surface area contributed by atoms with Crippen molar-refractivity contribution in [3.63, 3.8) is 0 Å². The molecule has 9 nitrogen and oxygen atoms in total. The summed E-state index contributed by atoms with van der Waals surface area (Å²) in [6.07, 6.45) is 22.6. The second kappa shape index (κ2) is 27.5. The number of methoxy groups -OCH3 is 1. The van der Waals surface area contributed by atoms with Crippen LogP contribution in [0.25, 0.3) is 0 Å². The first kappa shape index (κ1) is 52.8. The molecule has 0 rings (SSSR count). The van der Waals surface area contributed by atoms with Gasteiger partial charge in [0, 0.05) is 0 Å². The van der Waals surface area contributed by atoms with Gasteiger partial charge in [0.1, 0.15) is 13.2 Å². The SMILES string of the molecule is CCCCCCCCCCCCCCCCCCOC(=O)C(C)(C)CC(C)(CC(C)(CC(C)(CC)C(=O)OCC[N+](C)(C)C)C(=O)OC)C(=O)OCCCC. The molecule has 0 heterocycles. The molecule has 0 amide bonds. The summed E-state index contributed by atoms with van der Waals surface area (Å²) in [6.45, 7) is 16.6. The molecule has 55 heavy (non-hydrogen) atoms. The zero-order valence-electron chi connectivity index (χ0n) is 38.1. The van der Waals surface area contributed by atoms with Crippen LogP contribution in [0, 0.1) is 21.7 Å². The maximum absolute atomic E-state index is 13.9. The Morgan fingerprint density at radius 2 is 0.800 bits per heavy atom. The zero-order chi connectivity index (χ0) is 42.0. The number of rotatable bonds is 34. The van der Waals surface area contributed by atoms with Crippen molar-refractivity contribution < 1.29 is 42.6 Å². The predicted molar refractivity (Wildman–Crippen MR) is 224 cm³/mol. The topological polar surface area (TPSA) is 105 Å². The van der Waals surface area contributed by atoms with Crippen molar-refractivity contribution in [1.29, 1.82) is 0 Å². The lowest BCUT2D eigenvalue weighted by atomic mass is 9.61. The van der Waals surface area contributed by atoms with Crippen LogP contribution in [-0.2, 0) is 38.1 Å². The normalized spacial score (nSPS) is 15.3. The average molecular weight is 783 g/mol. The fourth-order valence-electron chi connectivity index (χ4n) is 7.85. The Bertz CT molecular complexity index is 1080. The fourth-order valence-corrected chi connectivity index (χ4v) is 7.85. The molecule has 0 aromatic heterocycles. The molecule has 0 aliphatic heterocycles. The molecule has 0 N–H and O–H groups in total. The summed E-state index contributed by atoms with van der Waals surface area (Å²) in [5, 5.41) is 0. The van der Waals surface area contributed by atoms with Crippen molar-refractivity contribution in [3.05, 3.63) is 0 Å². The van der Waals surface area contributed by atoms with Gasteiger partial charge in [0.05, 0.1) is 63.1 Å². The maximum Gasteiger partial charge on any atom is 0.312 e. The van der Waals surface area contributed by atoms with Crippen LogP contribution in [0.4, 0.5) is 0 Å². The maximum atomic E-state index is 13.9. The Hall–Kier alpha value is -2.16. The first-order valence-corrected chi connectivity index (χ1v) is 22.2. The third-order valence-corrected chi connectivity index (χ3v) is 11.3. The van der Waals surface area contributed by atoms with E-state index in [0.29, 0.717) is 30.5 Å². The van der Waals surface area contributed by atoms with Crippen LogP contribution >= 0.6 is 0 Å². The van der Waals surface area contributed by atoms with E-state index in [9.17, 15) is 19.2 Å². The van der Waals surface area contributed by atoms with Crippen LogP contribution in [0.1, 0.15) is 197 Å². The molecule has 0 aromatic carbocycles. The molecular weight excluding hydrogens is 695 g/mol. The van der Waals surface area contributed by atoms with Gasteiger partial charge in [-0.25, -0.2) is 0 Å². The largest absolute Gasteiger partial charge is 0.469 e. The van der Waals surface area contributed by atoms with Gasteiger partial charge in [0.25, 0.3) is 0 Å². The lowest BCUT2D eigenvalue weighted by molar-refractivity contribution is -0.870. The highest BCUT2D eigenvalue weighted by molar-refractivity contribution is 5.84. The van der Waals surface area contributed by atoms with Crippen LogP contribution in [0.3, 0.4) is 0 Å². The molecule has 0 spiro atoms. The third-order valence-electron chi connectivity index (χ3n) is 11.3. The summed E-state index contributed by atoms with van der Waals surface area (Å²) in [5.41, 5.74) is -4.56. The summed E-state index contributed by atoms with van der Waals surface area (Å²) in [5.74, 6) is -1.76. The summed E-state index contributed by atoms with van der Waals surface area (Å²) < 4.78 is 23.3. The summed E-state index contributed by atoms with van der Waals surface area (Å²) in [7, 11) is 7.40. The van der Waals surface area contributed by atoms with E-state index in [-0.39, 0.29) is 44.4 Å². The number of esters is 4. The second-order valence-corrected chi connectivity index (χ2v) is 19.0. The molecular formula is C46H88NO8+. The first-order chi connectivity index (χ1) is 25.8. The van der Waals surface area contributed by atoms with Crippen molar-refractivity contribution >= 4 is 23.9 Å². The third kappa shape index (κ3) is 22.4. The number of nitrogens with zero attached hydrogens (tertiary/aromatic N) is 1. The monoisotopic (exact) mass is 783 g/mol. The highest BCUT2D eigenvalue weighted by atomic mass is 16.5. The van der Waals surface area contributed by atoms with Gasteiger partial charge in [0.2, 0.25) is 0 Å². The smallest absolute Gasteiger partial charge is 0.312 e. The molecule has 3 atom stereocenters. The Morgan fingerprint density at radius 3 is 1.24 bits per heavy atom. The highest BCUT2D eigenvalue weighted by Crippen LogP contribution is 2.49. The van der Waals surface area contributed by atoms with Crippen molar-refractivity contribution in [2.24, 2.45) is 21.7 Å². The zero-order valence-corrected chi connectivity index (χ0v) is 38.1. The van der Waals surface area contributed by atoms with E-state index in [1.54, 1.807) is 34.6 Å². The van der Waals surface area contributed by atoms with Gasteiger partial charge in [-0.2, -0.15) is 0 Å². The molecule has 0 saturated carbocycles. The molecule has 0 aliphatic rings. The Labute approximate surface area is 338 Å². The number of likely N-dealkylation sites (N-methyl/N-ethyl adjacent to an activating group) is 1. The van der Waals surface area contributed by atoms with E-state index in [1.807, 2.05) is 35.0 Å². The minimum Gasteiger partial charge on any atom is -0.469 e. The van der Waals surface area contributed by atoms with Gasteiger partial charge in [-0.3, -0.25) is 19.2 Å². The van der Waals surface area contributed by atoms with E-state index in [0.717, 1.165) is 25.7 Å². The van der Waals surface area contributed by atoms with Crippen LogP contribution in [-0.4, -0.2) is 83.0 Å². The van der Waals surface area contributed by atoms with E-state index >= 15 is 0 Å². The highest BCUT2D eigenvalue weighted by Gasteiger charge is 2.53. The number of hydrogen-bond donors (Lipinski definition) is 0. The minimum absolute atomic E-state index is 0.0230. The number of ether oxygens (including phenoxy) is 4. The van der Waals surface area contributed by atoms with Crippen LogP contribution in [0.15, 0.2) is 0 Å². The number of unbranched alkanes of at least 4 members (excludes halogenated alkanes) is 16. The molecule has 0 aromatic rings. The van der Waals surface area contributed by atoms with Gasteiger partial charge in [-0.05, 0) is 73.1 Å². The van der Waals surface area contributed by atoms with Crippen LogP contribution in [0.5, 0.6) is 0 Å². The fraction of sp³-hybridized carbons (Fsp3) is 0.913. The van der Waals surface area contributed by atoms with Gasteiger partial charge < -0.3 is 23.4 Å². The lowest BCUT2D eigenvalue weighted by Crippen LogP contribution is -2.47. The number of quaternary nitrogens is 1. The summed E-state index contributed by atoms with van der Waals surface area (Å²) >= 11 is 0. The molecule has 9 heteroatoms. The first-order valence-electron chi connectivity index (χ1n) is 22.2. The molecule has 0 radical (unpaired) electrons. The molecule has 0 fully saturated rings. The Kier molecular flexibility index (Phi) is 26.4. The molecule has 3 unspecified atom stereocenters. The van der Waals surface area contributed by atoms with E-state index < -0.39 is 33.6 Å². The average Bonchev–Trinajstić information content (AvgIpc) is 3.11. The van der Waals surface area contributed by atoms with Crippen LogP contribution in [0.2, 0.25) is 0 Å². The van der Waals surface area contributed by atoms with Crippen molar-refractivity contribution in [2.45, 2.75) is 197 Å². The Morgan fingerprint density at radius 1 is 0.436 bits per heavy atom. The predicted octanol–water partition coefficient (Wildman–Crippen LogP) is 11.2. The number of carbonyl (C=O) groups excluding carboxylic acids is 4. The number of carbonyl (C=O) groups is 4. The molecule has 324 valence electrons. The molecule has 0 aliphatic carbocycles. The minimum atomic E-state index is -1.26. The van der Waals surface area contributed by atoms with Gasteiger partial charge in [-0.15, -0.1) is 0 Å². The lowest BCUT2D eigenvalue weighted by Gasteiger charge is -2.42. The van der Waals surface area contributed by atoms with E-state index in [4.69, 9.17) is 18.9 Å². The summed E-state index contributed by atoms with van der Waals surface area (Å²) in [6, 6.07) is 0. The van der Waals surface area contributed by atoms with Gasteiger partial charge in [-0.1, -0.05) is 124 Å². The van der Waals surface area contributed by atoms with Crippen LogP contribution < -0.4 is 0 Å².